The van der Waals surface area contributed by atoms with E-state index in [0.717, 1.165) is 49.2 Å². The minimum absolute atomic E-state index is 0.192. The monoisotopic (exact) mass is 764 g/mol. The van der Waals surface area contributed by atoms with Gasteiger partial charge in [-0.15, -0.1) is 6.58 Å². The lowest BCUT2D eigenvalue weighted by Crippen LogP contribution is -2.34. The molecule has 304 valence electrons. The molecular weight excluding hydrogens is 700 g/mol. The lowest BCUT2D eigenvalue weighted by atomic mass is 10.2. The summed E-state index contributed by atoms with van der Waals surface area (Å²) in [6, 6.07) is 16.7. The van der Waals surface area contributed by atoms with Crippen molar-refractivity contribution in [2.24, 2.45) is 0 Å². The molecule has 0 atom stereocenters. The summed E-state index contributed by atoms with van der Waals surface area (Å²) in [5.41, 5.74) is 1.19. The van der Waals surface area contributed by atoms with Crippen LogP contribution in [0.15, 0.2) is 67.3 Å². The van der Waals surface area contributed by atoms with Gasteiger partial charge in [-0.05, 0) is 138 Å². The van der Waals surface area contributed by atoms with E-state index in [1.807, 2.05) is 112 Å². The van der Waals surface area contributed by atoms with E-state index in [1.165, 1.54) is 14.7 Å². The second kappa shape index (κ2) is 22.4. The van der Waals surface area contributed by atoms with Gasteiger partial charge in [0.25, 0.3) is 0 Å². The molecule has 3 heterocycles. The van der Waals surface area contributed by atoms with Crippen LogP contribution in [0, 0.1) is 6.92 Å². The molecule has 0 radical (unpaired) electrons. The van der Waals surface area contributed by atoms with E-state index in [0.29, 0.717) is 17.5 Å². The summed E-state index contributed by atoms with van der Waals surface area (Å²) in [7, 11) is 4.96. The van der Waals surface area contributed by atoms with Crippen molar-refractivity contribution >= 4 is 35.7 Å². The van der Waals surface area contributed by atoms with Crippen molar-refractivity contribution in [3.05, 3.63) is 84.3 Å². The summed E-state index contributed by atoms with van der Waals surface area (Å²) >= 11 is 0. The fourth-order valence-corrected chi connectivity index (χ4v) is 4.24. The highest BCUT2D eigenvalue weighted by atomic mass is 16.6. The number of hydrogen-bond donors (Lipinski definition) is 1. The van der Waals surface area contributed by atoms with E-state index in [4.69, 9.17) is 19.3 Å². The minimum Gasteiger partial charge on any atom is -0.443 e. The Kier molecular flexibility index (Phi) is 19.5. The normalized spacial score (nSPS) is 11.1. The Bertz CT molecular complexity index is 1660. The van der Waals surface area contributed by atoms with Gasteiger partial charge in [-0.2, -0.15) is 0 Å². The Morgan fingerprint density at radius 3 is 1.33 bits per heavy atom. The fraction of sp³-hybridized carbons (Fsp3) is 0.524. The lowest BCUT2D eigenvalue weighted by molar-refractivity contribution is 0.0577. The van der Waals surface area contributed by atoms with Crippen LogP contribution in [0.25, 0.3) is 0 Å². The number of aliphatic hydroxyl groups excluding tert-OH is 1. The zero-order valence-corrected chi connectivity index (χ0v) is 35.3. The van der Waals surface area contributed by atoms with Gasteiger partial charge in [0.05, 0.1) is 0 Å². The smallest absolute Gasteiger partial charge is 0.415 e. The van der Waals surface area contributed by atoms with Crippen LogP contribution in [0.2, 0.25) is 0 Å². The number of rotatable bonds is 10. The molecular formula is C42H64N6O7. The summed E-state index contributed by atoms with van der Waals surface area (Å²) in [6.07, 6.45) is 4.75. The van der Waals surface area contributed by atoms with E-state index in [2.05, 4.69) is 21.5 Å². The molecule has 0 aliphatic rings. The van der Waals surface area contributed by atoms with E-state index in [-0.39, 0.29) is 6.61 Å². The summed E-state index contributed by atoms with van der Waals surface area (Å²) in [4.78, 5) is 53.0. The van der Waals surface area contributed by atoms with Crippen molar-refractivity contribution in [2.75, 3.05) is 42.4 Å². The Balaban J connectivity index is 0.000000415. The molecule has 3 aromatic heterocycles. The lowest BCUT2D eigenvalue weighted by Gasteiger charge is -2.24. The number of aliphatic hydroxyl groups is 1. The third-order valence-electron chi connectivity index (χ3n) is 6.94. The highest BCUT2D eigenvalue weighted by Crippen LogP contribution is 2.18. The first kappa shape index (κ1) is 48.0. The van der Waals surface area contributed by atoms with Gasteiger partial charge >= 0.3 is 18.3 Å². The molecule has 0 aliphatic heterocycles. The maximum absolute atomic E-state index is 12.0. The van der Waals surface area contributed by atoms with Gasteiger partial charge in [0.2, 0.25) is 0 Å². The van der Waals surface area contributed by atoms with Crippen molar-refractivity contribution < 1.29 is 33.7 Å². The van der Waals surface area contributed by atoms with E-state index < -0.39 is 35.1 Å². The van der Waals surface area contributed by atoms with Crippen LogP contribution in [0.1, 0.15) is 98.7 Å². The molecule has 3 amide bonds. The third-order valence-corrected chi connectivity index (χ3v) is 6.94. The van der Waals surface area contributed by atoms with Crippen molar-refractivity contribution in [3.63, 3.8) is 0 Å². The molecule has 0 bridgehead atoms. The number of anilines is 3. The number of amides is 3. The third kappa shape index (κ3) is 20.3. The largest absolute Gasteiger partial charge is 0.443 e. The maximum atomic E-state index is 12.0. The first-order valence-electron chi connectivity index (χ1n) is 18.4. The number of pyridine rings is 3. The number of aromatic nitrogens is 3. The topological polar surface area (TPSA) is 148 Å². The molecule has 0 aliphatic carbocycles. The number of carbonyl (C=O) groups excluding carboxylic acids is 3. The van der Waals surface area contributed by atoms with E-state index >= 15 is 0 Å². The van der Waals surface area contributed by atoms with Crippen LogP contribution < -0.4 is 14.7 Å². The molecule has 55 heavy (non-hydrogen) atoms. The van der Waals surface area contributed by atoms with Crippen LogP contribution in [-0.2, 0) is 27.1 Å². The summed E-state index contributed by atoms with van der Waals surface area (Å²) < 4.78 is 15.9. The van der Waals surface area contributed by atoms with Gasteiger partial charge in [-0.3, -0.25) is 14.7 Å². The number of allylic oxidation sites excluding steroid dienone is 1. The summed E-state index contributed by atoms with van der Waals surface area (Å²) in [6.45, 7) is 22.3. The molecule has 0 aromatic carbocycles. The van der Waals surface area contributed by atoms with Crippen LogP contribution in [0.4, 0.5) is 31.8 Å². The Labute approximate surface area is 328 Å². The molecule has 0 saturated carbocycles. The predicted octanol–water partition coefficient (Wildman–Crippen LogP) is 9.10. The number of aryl methyl sites for hydroxylation is 3. The molecule has 0 saturated heterocycles. The van der Waals surface area contributed by atoms with Gasteiger partial charge in [0.15, 0.2) is 0 Å². The Morgan fingerprint density at radius 1 is 0.618 bits per heavy atom. The molecule has 3 rings (SSSR count). The molecule has 13 nitrogen and oxygen atoms in total. The van der Waals surface area contributed by atoms with Gasteiger partial charge in [-0.1, -0.05) is 24.3 Å². The van der Waals surface area contributed by atoms with Crippen LogP contribution >= 0.6 is 0 Å². The minimum atomic E-state index is -0.524. The first-order chi connectivity index (χ1) is 25.5. The van der Waals surface area contributed by atoms with Crippen LogP contribution in [-0.4, -0.2) is 82.9 Å². The number of hydrogen-bond acceptors (Lipinski definition) is 10. The number of ether oxygens (including phenoxy) is 3. The van der Waals surface area contributed by atoms with Crippen LogP contribution in [0.3, 0.4) is 0 Å². The number of unbranched alkanes of at least 4 members (excludes halogenated alkanes) is 1. The number of carbonyl (C=O) groups is 3. The Hall–Kier alpha value is -5.04. The summed E-state index contributed by atoms with van der Waals surface area (Å²) in [5.74, 6) is 1.76. The molecule has 0 fully saturated rings. The van der Waals surface area contributed by atoms with Gasteiger partial charge in [0, 0.05) is 44.8 Å². The molecule has 0 spiro atoms. The van der Waals surface area contributed by atoms with Crippen molar-refractivity contribution in [2.45, 2.75) is 118 Å². The van der Waals surface area contributed by atoms with Crippen molar-refractivity contribution in [1.82, 2.24) is 15.0 Å². The average molecular weight is 765 g/mol. The molecule has 1 N–H and O–H groups in total. The highest BCUT2D eigenvalue weighted by molar-refractivity contribution is 5.87. The van der Waals surface area contributed by atoms with Gasteiger partial charge in [0.1, 0.15) is 34.3 Å². The molecule has 0 unspecified atom stereocenters. The van der Waals surface area contributed by atoms with E-state index in [9.17, 15) is 14.4 Å². The van der Waals surface area contributed by atoms with Crippen molar-refractivity contribution in [3.8, 4) is 0 Å². The second-order valence-electron chi connectivity index (χ2n) is 15.7. The maximum Gasteiger partial charge on any atom is 0.415 e. The first-order valence-corrected chi connectivity index (χ1v) is 18.4. The molecule has 3 aromatic rings. The van der Waals surface area contributed by atoms with Gasteiger partial charge in [-0.25, -0.2) is 29.3 Å². The number of nitrogens with zero attached hydrogens (tertiary/aromatic N) is 6. The fourth-order valence-electron chi connectivity index (χ4n) is 4.24. The quantitative estimate of drug-likeness (QED) is 0.120. The average Bonchev–Trinajstić information content (AvgIpc) is 3.08. The van der Waals surface area contributed by atoms with E-state index in [1.54, 1.807) is 39.3 Å². The zero-order valence-electron chi connectivity index (χ0n) is 35.3. The standard InChI is InChI=1S/C15H24N2O3.C15H22N2O2.C12H18N2O2/c1-15(2,3)20-14(19)17(4)13-10-7-9-12(16-13)8-5-6-11-18;1-6-7-9-12-10-8-11-13(16-12)17(5)14(18)19-15(2,3)4;1-9-7-6-8-10(13-9)14(5)11(15)16-12(2,3)4/h7,9-10,18H,5-6,8,11H2,1-4H3;6,8,10-11H,1,7,9H2,2-5H3;6-8H,1-5H3. The SMILES string of the molecule is C=CCCc1cccc(N(C)C(=O)OC(C)(C)C)n1.CN(C(=O)OC(C)(C)C)c1cccc(CCCCO)n1.Cc1cccc(N(C)C(=O)OC(C)(C)C)n1. The van der Waals surface area contributed by atoms with Gasteiger partial charge < -0.3 is 19.3 Å². The molecule has 13 heteroatoms. The predicted molar refractivity (Wildman–Crippen MR) is 220 cm³/mol. The zero-order chi connectivity index (χ0) is 42.0. The summed E-state index contributed by atoms with van der Waals surface area (Å²) in [5, 5.41) is 8.78. The van der Waals surface area contributed by atoms with Crippen molar-refractivity contribution in [1.29, 1.82) is 0 Å². The highest BCUT2D eigenvalue weighted by Gasteiger charge is 2.23. The van der Waals surface area contributed by atoms with Crippen LogP contribution in [0.5, 0.6) is 0 Å². The second-order valence-corrected chi connectivity index (χ2v) is 15.7. The Morgan fingerprint density at radius 2 is 0.982 bits per heavy atom.